The zero-order valence-electron chi connectivity index (χ0n) is 22.7. The first kappa shape index (κ1) is 27.5. The van der Waals surface area contributed by atoms with Crippen molar-refractivity contribution in [2.45, 2.75) is 30.4 Å². The predicted molar refractivity (Wildman–Crippen MR) is 155 cm³/mol. The first-order valence-electron chi connectivity index (χ1n) is 13.6. The van der Waals surface area contributed by atoms with Gasteiger partial charge in [0, 0.05) is 5.56 Å². The van der Waals surface area contributed by atoms with E-state index in [1.54, 1.807) is 72.8 Å². The lowest BCUT2D eigenvalue weighted by Gasteiger charge is -2.29. The first-order chi connectivity index (χ1) is 20.4. The normalized spacial score (nSPS) is 20.1. The molecule has 4 aromatic rings. The third-order valence-corrected chi connectivity index (χ3v) is 8.41. The molecule has 2 amide bonds. The number of hydrogen-bond donors (Lipinski definition) is 0. The fourth-order valence-corrected chi connectivity index (χ4v) is 6.22. The van der Waals surface area contributed by atoms with E-state index in [2.05, 4.69) is 0 Å². The second-order valence-corrected chi connectivity index (χ2v) is 11.4. The molecule has 0 saturated carbocycles. The molecular formula is C32H28N2O7S. The highest BCUT2D eigenvalue weighted by Crippen LogP contribution is 2.49. The molecule has 0 aromatic heterocycles. The summed E-state index contributed by atoms with van der Waals surface area (Å²) in [6, 6.07) is 29.3. The number of nitrogens with zero attached hydrogens (tertiary/aromatic N) is 2. The molecule has 0 N–H and O–H groups in total. The quantitative estimate of drug-likeness (QED) is 0.193. The van der Waals surface area contributed by atoms with Crippen LogP contribution >= 0.6 is 0 Å². The minimum Gasteiger partial charge on any atom is -0.494 e. The van der Waals surface area contributed by atoms with Crippen LogP contribution in [-0.2, 0) is 24.5 Å². The minimum absolute atomic E-state index is 0.00933. The SMILES string of the molecule is CCCOc1ccc(N2C(=O)C3ON(c4ccccc4)C(c4ccccc4OS(=O)(=O)c4ccccc4)C3C2=O)cc1. The van der Waals surface area contributed by atoms with Gasteiger partial charge in [-0.05, 0) is 61.0 Å². The van der Waals surface area contributed by atoms with E-state index in [9.17, 15) is 18.0 Å². The van der Waals surface area contributed by atoms with Crippen molar-refractivity contribution in [2.24, 2.45) is 5.92 Å². The van der Waals surface area contributed by atoms with Crippen molar-refractivity contribution in [3.63, 3.8) is 0 Å². The second-order valence-electron chi connectivity index (χ2n) is 9.90. The van der Waals surface area contributed by atoms with Gasteiger partial charge in [0.1, 0.15) is 22.3 Å². The van der Waals surface area contributed by atoms with Crippen LogP contribution in [0.2, 0.25) is 0 Å². The minimum atomic E-state index is -4.19. The van der Waals surface area contributed by atoms with Crippen molar-refractivity contribution >= 4 is 33.3 Å². The number of carbonyl (C=O) groups is 2. The maximum atomic E-state index is 14.0. The van der Waals surface area contributed by atoms with Crippen molar-refractivity contribution in [2.75, 3.05) is 16.6 Å². The molecule has 0 radical (unpaired) electrons. The Morgan fingerprint density at radius 1 is 0.762 bits per heavy atom. The molecule has 3 atom stereocenters. The van der Waals surface area contributed by atoms with Gasteiger partial charge in [0.15, 0.2) is 6.10 Å². The number of amides is 2. The molecule has 0 aliphatic carbocycles. The van der Waals surface area contributed by atoms with Crippen LogP contribution in [0, 0.1) is 5.92 Å². The summed E-state index contributed by atoms with van der Waals surface area (Å²) < 4.78 is 37.7. The number of hydrogen-bond acceptors (Lipinski definition) is 8. The van der Waals surface area contributed by atoms with E-state index in [0.29, 0.717) is 29.3 Å². The van der Waals surface area contributed by atoms with Crippen molar-refractivity contribution < 1.29 is 31.8 Å². The van der Waals surface area contributed by atoms with Gasteiger partial charge in [-0.15, -0.1) is 0 Å². The van der Waals surface area contributed by atoms with Crippen LogP contribution in [0.1, 0.15) is 24.9 Å². The number of fused-ring (bicyclic) bond motifs is 1. The lowest BCUT2D eigenvalue weighted by atomic mass is 9.90. The number of benzene rings is 4. The summed E-state index contributed by atoms with van der Waals surface area (Å²) in [4.78, 5) is 35.1. The van der Waals surface area contributed by atoms with Crippen LogP contribution < -0.4 is 18.9 Å². The number of hydroxylamine groups is 1. The number of rotatable bonds is 9. The highest BCUT2D eigenvalue weighted by atomic mass is 32.2. The Hall–Kier alpha value is -4.67. The molecule has 9 nitrogen and oxygen atoms in total. The molecule has 42 heavy (non-hydrogen) atoms. The van der Waals surface area contributed by atoms with Crippen molar-refractivity contribution in [1.82, 2.24) is 0 Å². The summed E-state index contributed by atoms with van der Waals surface area (Å²) >= 11 is 0. The molecule has 10 heteroatoms. The fraction of sp³-hybridized carbons (Fsp3) is 0.188. The summed E-state index contributed by atoms with van der Waals surface area (Å²) in [5, 5.41) is 1.50. The van der Waals surface area contributed by atoms with Crippen molar-refractivity contribution in [3.05, 3.63) is 115 Å². The largest absolute Gasteiger partial charge is 0.494 e. The van der Waals surface area contributed by atoms with Crippen molar-refractivity contribution in [1.29, 1.82) is 0 Å². The first-order valence-corrected chi connectivity index (χ1v) is 15.0. The Morgan fingerprint density at radius 2 is 1.40 bits per heavy atom. The van der Waals surface area contributed by atoms with Gasteiger partial charge in [-0.25, -0.2) is 9.96 Å². The van der Waals surface area contributed by atoms with E-state index in [0.717, 1.165) is 11.3 Å². The lowest BCUT2D eigenvalue weighted by Crippen LogP contribution is -2.37. The number of anilines is 2. The number of para-hydroxylation sites is 2. The molecule has 0 bridgehead atoms. The lowest BCUT2D eigenvalue weighted by molar-refractivity contribution is -0.126. The van der Waals surface area contributed by atoms with Crippen LogP contribution in [0.25, 0.3) is 0 Å². The Balaban J connectivity index is 1.39. The molecule has 214 valence electrons. The summed E-state index contributed by atoms with van der Waals surface area (Å²) in [6.07, 6.45) is -0.277. The maximum absolute atomic E-state index is 14.0. The number of ether oxygens (including phenoxy) is 1. The average molecular weight is 585 g/mol. The van der Waals surface area contributed by atoms with Crippen LogP contribution in [0.3, 0.4) is 0 Å². The zero-order valence-corrected chi connectivity index (χ0v) is 23.5. The van der Waals surface area contributed by atoms with E-state index < -0.39 is 40.0 Å². The van der Waals surface area contributed by atoms with Gasteiger partial charge in [-0.2, -0.15) is 8.42 Å². The Morgan fingerprint density at radius 3 is 2.10 bits per heavy atom. The predicted octanol–water partition coefficient (Wildman–Crippen LogP) is 5.29. The summed E-state index contributed by atoms with van der Waals surface area (Å²) in [5.74, 6) is -1.28. The third-order valence-electron chi connectivity index (χ3n) is 7.16. The third kappa shape index (κ3) is 4.99. The highest BCUT2D eigenvalue weighted by molar-refractivity contribution is 7.87. The van der Waals surface area contributed by atoms with Crippen LogP contribution in [0.5, 0.6) is 11.5 Å². The van der Waals surface area contributed by atoms with Gasteiger partial charge in [0.25, 0.3) is 5.91 Å². The smallest absolute Gasteiger partial charge is 0.339 e. The van der Waals surface area contributed by atoms with E-state index in [-0.39, 0.29) is 10.6 Å². The maximum Gasteiger partial charge on any atom is 0.339 e. The Kier molecular flexibility index (Phi) is 7.40. The van der Waals surface area contributed by atoms with Gasteiger partial charge in [0.05, 0.1) is 24.0 Å². The summed E-state index contributed by atoms with van der Waals surface area (Å²) in [7, 11) is -4.19. The summed E-state index contributed by atoms with van der Waals surface area (Å²) in [6.45, 7) is 2.56. The van der Waals surface area contributed by atoms with Crippen molar-refractivity contribution in [3.8, 4) is 11.5 Å². The molecule has 2 aliphatic heterocycles. The molecular weight excluding hydrogens is 556 g/mol. The molecule has 2 fully saturated rings. The molecule has 4 aromatic carbocycles. The van der Waals surface area contributed by atoms with Crippen LogP contribution in [0.15, 0.2) is 114 Å². The zero-order chi connectivity index (χ0) is 29.3. The monoisotopic (exact) mass is 584 g/mol. The highest BCUT2D eigenvalue weighted by Gasteiger charge is 2.60. The van der Waals surface area contributed by atoms with Gasteiger partial charge in [-0.3, -0.25) is 14.4 Å². The van der Waals surface area contributed by atoms with E-state index in [4.69, 9.17) is 13.8 Å². The molecule has 2 heterocycles. The molecule has 3 unspecified atom stereocenters. The summed E-state index contributed by atoms with van der Waals surface area (Å²) in [5.41, 5.74) is 1.38. The Labute approximate surface area is 243 Å². The molecule has 2 aliphatic rings. The van der Waals surface area contributed by atoms with E-state index >= 15 is 0 Å². The standard InChI is InChI=1S/C32H28N2O7S/c1-2-21-39-24-19-17-22(18-20-24)33-31(35)28-29(34(40-30(28)32(33)36)23-11-5-3-6-12-23)26-15-9-10-16-27(26)41-42(37,38)25-13-7-4-8-14-25/h3-20,28-30H,2,21H2,1H3. The fourth-order valence-electron chi connectivity index (χ4n) is 5.25. The Bertz CT molecular complexity index is 1700. The average Bonchev–Trinajstić information content (AvgIpc) is 3.52. The molecule has 0 spiro atoms. The van der Waals surface area contributed by atoms with Crippen LogP contribution in [0.4, 0.5) is 11.4 Å². The molecule has 2 saturated heterocycles. The van der Waals surface area contributed by atoms with Gasteiger partial charge in [-0.1, -0.05) is 61.5 Å². The van der Waals surface area contributed by atoms with Gasteiger partial charge >= 0.3 is 10.1 Å². The van der Waals surface area contributed by atoms with E-state index in [1.165, 1.54) is 23.3 Å². The topological polar surface area (TPSA) is 102 Å². The number of imide groups is 1. The number of carbonyl (C=O) groups excluding carboxylic acids is 2. The second kappa shape index (κ2) is 11.3. The molecule has 6 rings (SSSR count). The van der Waals surface area contributed by atoms with E-state index in [1.807, 2.05) is 25.1 Å². The van der Waals surface area contributed by atoms with Gasteiger partial charge in [0.2, 0.25) is 5.91 Å². The van der Waals surface area contributed by atoms with Gasteiger partial charge < -0.3 is 8.92 Å². The van der Waals surface area contributed by atoms with Crippen LogP contribution in [-0.4, -0.2) is 32.9 Å².